The summed E-state index contributed by atoms with van der Waals surface area (Å²) < 4.78 is 15.4. The van der Waals surface area contributed by atoms with E-state index in [4.69, 9.17) is 14.2 Å². The summed E-state index contributed by atoms with van der Waals surface area (Å²) in [5, 5.41) is 0. The zero-order valence-electron chi connectivity index (χ0n) is 12.3. The minimum absolute atomic E-state index is 0.133. The lowest BCUT2D eigenvalue weighted by atomic mass is 10.2. The monoisotopic (exact) mass is 280 g/mol. The predicted octanol–water partition coefficient (Wildman–Crippen LogP) is 2.97. The molecule has 0 aliphatic heterocycles. The van der Waals surface area contributed by atoms with Crippen LogP contribution in [0.2, 0.25) is 0 Å². The van der Waals surface area contributed by atoms with Crippen LogP contribution >= 0.6 is 0 Å². The van der Waals surface area contributed by atoms with E-state index in [9.17, 15) is 9.59 Å². The molecule has 0 saturated carbocycles. The first kappa shape index (κ1) is 16.0. The van der Waals surface area contributed by atoms with Crippen LogP contribution in [0.4, 0.5) is 0 Å². The summed E-state index contributed by atoms with van der Waals surface area (Å²) in [5.41, 5.74) is 0.362. The summed E-state index contributed by atoms with van der Waals surface area (Å²) >= 11 is 0. The van der Waals surface area contributed by atoms with Crippen molar-refractivity contribution in [1.82, 2.24) is 0 Å². The van der Waals surface area contributed by atoms with Gasteiger partial charge in [0.05, 0.1) is 18.8 Å². The van der Waals surface area contributed by atoms with Gasteiger partial charge in [0.15, 0.2) is 11.5 Å². The Morgan fingerprint density at radius 1 is 1.25 bits per heavy atom. The Bertz CT molecular complexity index is 481. The second kappa shape index (κ2) is 7.53. The Labute approximate surface area is 118 Å². The number of esters is 2. The van der Waals surface area contributed by atoms with Crippen LogP contribution in [0.15, 0.2) is 18.2 Å². The van der Waals surface area contributed by atoms with Gasteiger partial charge in [-0.1, -0.05) is 13.3 Å². The van der Waals surface area contributed by atoms with Gasteiger partial charge in [0, 0.05) is 6.92 Å². The van der Waals surface area contributed by atoms with E-state index >= 15 is 0 Å². The van der Waals surface area contributed by atoms with Gasteiger partial charge in [-0.3, -0.25) is 4.79 Å². The minimum Gasteiger partial charge on any atom is -0.493 e. The largest absolute Gasteiger partial charge is 0.493 e. The molecule has 0 radical (unpaired) electrons. The van der Waals surface area contributed by atoms with E-state index in [1.807, 2.05) is 13.8 Å². The summed E-state index contributed by atoms with van der Waals surface area (Å²) in [6, 6.07) is 4.56. The maximum absolute atomic E-state index is 11.9. The highest BCUT2D eigenvalue weighted by atomic mass is 16.6. The first-order chi connectivity index (χ1) is 9.47. The summed E-state index contributed by atoms with van der Waals surface area (Å²) in [4.78, 5) is 22.9. The number of benzene rings is 1. The van der Waals surface area contributed by atoms with E-state index in [2.05, 4.69) is 0 Å². The average molecular weight is 280 g/mol. The Hall–Kier alpha value is -2.04. The highest BCUT2D eigenvalue weighted by Gasteiger charge is 2.15. The molecule has 1 atom stereocenters. The quantitative estimate of drug-likeness (QED) is 0.592. The summed E-state index contributed by atoms with van der Waals surface area (Å²) in [5.74, 6) is -0.273. The van der Waals surface area contributed by atoms with Crippen molar-refractivity contribution >= 4 is 11.9 Å². The van der Waals surface area contributed by atoms with Crippen molar-refractivity contribution in [3.8, 4) is 11.5 Å². The number of ether oxygens (including phenoxy) is 3. The molecule has 0 N–H and O–H groups in total. The van der Waals surface area contributed by atoms with Crippen LogP contribution in [0.1, 0.15) is 44.0 Å². The molecular formula is C15H20O5. The number of hydrogen-bond donors (Lipinski definition) is 0. The first-order valence-corrected chi connectivity index (χ1v) is 6.55. The molecule has 0 aliphatic rings. The molecule has 5 nitrogen and oxygen atoms in total. The molecule has 1 rings (SSSR count). The molecule has 1 aromatic rings. The third-order valence-electron chi connectivity index (χ3n) is 2.66. The van der Waals surface area contributed by atoms with Gasteiger partial charge in [-0.25, -0.2) is 4.79 Å². The molecule has 1 unspecified atom stereocenters. The molecule has 5 heteroatoms. The van der Waals surface area contributed by atoms with Gasteiger partial charge >= 0.3 is 11.9 Å². The van der Waals surface area contributed by atoms with Gasteiger partial charge in [-0.2, -0.15) is 0 Å². The van der Waals surface area contributed by atoms with E-state index < -0.39 is 11.9 Å². The maximum Gasteiger partial charge on any atom is 0.338 e. The van der Waals surface area contributed by atoms with E-state index in [0.29, 0.717) is 11.3 Å². The van der Waals surface area contributed by atoms with Gasteiger partial charge in [0.25, 0.3) is 0 Å². The number of methoxy groups -OCH3 is 1. The van der Waals surface area contributed by atoms with E-state index in [1.165, 1.54) is 26.2 Å². The SMILES string of the molecule is CCCC(C)OC(=O)c1ccc(OC(C)=O)c(OC)c1. The van der Waals surface area contributed by atoms with Crippen molar-refractivity contribution in [3.63, 3.8) is 0 Å². The van der Waals surface area contributed by atoms with Crippen molar-refractivity contribution in [2.75, 3.05) is 7.11 Å². The van der Waals surface area contributed by atoms with E-state index in [1.54, 1.807) is 6.07 Å². The second-order valence-corrected chi connectivity index (χ2v) is 4.46. The lowest BCUT2D eigenvalue weighted by Gasteiger charge is -2.13. The molecule has 0 saturated heterocycles. The average Bonchev–Trinajstić information content (AvgIpc) is 2.38. The standard InChI is InChI=1S/C15H20O5/c1-5-6-10(2)19-15(17)12-7-8-13(20-11(3)16)14(9-12)18-4/h7-10H,5-6H2,1-4H3. The third kappa shape index (κ3) is 4.57. The first-order valence-electron chi connectivity index (χ1n) is 6.55. The fourth-order valence-electron chi connectivity index (χ4n) is 1.75. The fraction of sp³-hybridized carbons (Fsp3) is 0.467. The topological polar surface area (TPSA) is 61.8 Å². The lowest BCUT2D eigenvalue weighted by molar-refractivity contribution is -0.132. The fourth-order valence-corrected chi connectivity index (χ4v) is 1.75. The summed E-state index contributed by atoms with van der Waals surface area (Å²) in [7, 11) is 1.44. The minimum atomic E-state index is -0.449. The summed E-state index contributed by atoms with van der Waals surface area (Å²) in [6.45, 7) is 5.18. The number of carbonyl (C=O) groups is 2. The molecule has 0 heterocycles. The highest BCUT2D eigenvalue weighted by molar-refractivity contribution is 5.90. The van der Waals surface area contributed by atoms with Crippen molar-refractivity contribution in [1.29, 1.82) is 0 Å². The molecule has 0 spiro atoms. The van der Waals surface area contributed by atoms with Gasteiger partial charge in [0.2, 0.25) is 0 Å². The predicted molar refractivity (Wildman–Crippen MR) is 74.1 cm³/mol. The number of rotatable bonds is 6. The molecule has 1 aromatic carbocycles. The number of hydrogen-bond acceptors (Lipinski definition) is 5. The third-order valence-corrected chi connectivity index (χ3v) is 2.66. The molecule has 0 fully saturated rings. The highest BCUT2D eigenvalue weighted by Crippen LogP contribution is 2.28. The van der Waals surface area contributed by atoms with Gasteiger partial charge in [-0.15, -0.1) is 0 Å². The van der Waals surface area contributed by atoms with Crippen molar-refractivity contribution in [2.24, 2.45) is 0 Å². The Morgan fingerprint density at radius 2 is 1.95 bits per heavy atom. The molecule has 20 heavy (non-hydrogen) atoms. The van der Waals surface area contributed by atoms with Crippen molar-refractivity contribution < 1.29 is 23.8 Å². The summed E-state index contributed by atoms with van der Waals surface area (Å²) in [6.07, 6.45) is 1.63. The van der Waals surface area contributed by atoms with Crippen LogP contribution in [-0.4, -0.2) is 25.2 Å². The molecule has 0 aromatic heterocycles. The van der Waals surface area contributed by atoms with Gasteiger partial charge < -0.3 is 14.2 Å². The normalized spacial score (nSPS) is 11.6. The van der Waals surface area contributed by atoms with Crippen molar-refractivity contribution in [3.05, 3.63) is 23.8 Å². The zero-order chi connectivity index (χ0) is 15.1. The van der Waals surface area contributed by atoms with Gasteiger partial charge in [-0.05, 0) is 31.5 Å². The van der Waals surface area contributed by atoms with E-state index in [-0.39, 0.29) is 11.9 Å². The Kier molecular flexibility index (Phi) is 6.03. The van der Waals surface area contributed by atoms with Crippen LogP contribution in [0, 0.1) is 0 Å². The van der Waals surface area contributed by atoms with Crippen LogP contribution < -0.4 is 9.47 Å². The maximum atomic E-state index is 11.9. The van der Waals surface area contributed by atoms with Crippen LogP contribution in [0.25, 0.3) is 0 Å². The van der Waals surface area contributed by atoms with E-state index in [0.717, 1.165) is 12.8 Å². The lowest BCUT2D eigenvalue weighted by Crippen LogP contribution is -2.15. The molecule has 0 bridgehead atoms. The van der Waals surface area contributed by atoms with Gasteiger partial charge in [0.1, 0.15) is 0 Å². The van der Waals surface area contributed by atoms with Crippen LogP contribution in [0.5, 0.6) is 11.5 Å². The smallest absolute Gasteiger partial charge is 0.338 e. The molecule has 0 amide bonds. The van der Waals surface area contributed by atoms with Crippen LogP contribution in [-0.2, 0) is 9.53 Å². The molecule has 0 aliphatic carbocycles. The zero-order valence-corrected chi connectivity index (χ0v) is 12.3. The Morgan fingerprint density at radius 3 is 2.50 bits per heavy atom. The van der Waals surface area contributed by atoms with Crippen molar-refractivity contribution in [2.45, 2.75) is 39.7 Å². The molecule has 110 valence electrons. The second-order valence-electron chi connectivity index (χ2n) is 4.46. The van der Waals surface area contributed by atoms with Crippen LogP contribution in [0.3, 0.4) is 0 Å². The molecular weight excluding hydrogens is 260 g/mol. The number of carbonyl (C=O) groups excluding carboxylic acids is 2. The Balaban J connectivity index is 2.86.